The Morgan fingerprint density at radius 1 is 1.00 bits per heavy atom. The molecule has 0 heterocycles. The summed E-state index contributed by atoms with van der Waals surface area (Å²) in [5.41, 5.74) is 0. The van der Waals surface area contributed by atoms with E-state index in [-0.39, 0.29) is 11.8 Å². The largest absolute Gasteiger partial charge is 0.338 e. The van der Waals surface area contributed by atoms with Gasteiger partial charge in [-0.05, 0) is 25.5 Å². The number of rotatable bonds is 12. The average molecular weight is 302 g/mol. The summed E-state index contributed by atoms with van der Waals surface area (Å²) in [5, 5.41) is 5.44. The van der Waals surface area contributed by atoms with Crippen molar-refractivity contribution < 1.29 is 9.59 Å². The van der Waals surface area contributed by atoms with Crippen molar-refractivity contribution >= 4 is 24.4 Å². The van der Waals surface area contributed by atoms with Gasteiger partial charge in [0.2, 0.25) is 0 Å². The van der Waals surface area contributed by atoms with Crippen molar-refractivity contribution in [1.29, 1.82) is 0 Å². The minimum Gasteiger partial charge on any atom is -0.338 e. The standard InChI is InChI=1S/C15H30N2O2S/c1-3-14(18)13(2)17-15(19)16-11-9-7-5-4-6-8-10-12-20/h13,20H,3-12H2,1-2H3,(H2,16,17,19)/t13-/m0/s1. The van der Waals surface area contributed by atoms with E-state index < -0.39 is 6.04 Å². The Kier molecular flexibility index (Phi) is 12.8. The lowest BCUT2D eigenvalue weighted by molar-refractivity contribution is -0.120. The van der Waals surface area contributed by atoms with E-state index in [9.17, 15) is 9.59 Å². The second-order valence-electron chi connectivity index (χ2n) is 5.14. The summed E-state index contributed by atoms with van der Waals surface area (Å²) in [6.07, 6.45) is 8.84. The Labute approximate surface area is 128 Å². The number of carbonyl (C=O) groups is 2. The number of thiol groups is 1. The second kappa shape index (κ2) is 13.3. The van der Waals surface area contributed by atoms with Gasteiger partial charge in [0.15, 0.2) is 5.78 Å². The maximum absolute atomic E-state index is 11.5. The smallest absolute Gasteiger partial charge is 0.315 e. The van der Waals surface area contributed by atoms with Crippen molar-refractivity contribution in [2.45, 2.75) is 71.3 Å². The Morgan fingerprint density at radius 3 is 2.10 bits per heavy atom. The van der Waals surface area contributed by atoms with Gasteiger partial charge in [0, 0.05) is 13.0 Å². The van der Waals surface area contributed by atoms with E-state index in [1.807, 2.05) is 0 Å². The van der Waals surface area contributed by atoms with Crippen LogP contribution < -0.4 is 10.6 Å². The Morgan fingerprint density at radius 2 is 1.55 bits per heavy atom. The van der Waals surface area contributed by atoms with Gasteiger partial charge in [0.25, 0.3) is 0 Å². The van der Waals surface area contributed by atoms with Crippen LogP contribution in [0, 0.1) is 0 Å². The summed E-state index contributed by atoms with van der Waals surface area (Å²) >= 11 is 4.19. The molecule has 0 radical (unpaired) electrons. The molecule has 4 nitrogen and oxygen atoms in total. The van der Waals surface area contributed by atoms with Crippen LogP contribution in [0.3, 0.4) is 0 Å². The normalized spacial score (nSPS) is 11.9. The van der Waals surface area contributed by atoms with Crippen molar-refractivity contribution in [1.82, 2.24) is 10.6 Å². The van der Waals surface area contributed by atoms with Crippen molar-refractivity contribution in [3.63, 3.8) is 0 Å². The van der Waals surface area contributed by atoms with Crippen LogP contribution in [0.4, 0.5) is 4.79 Å². The molecule has 5 heteroatoms. The highest BCUT2D eigenvalue weighted by Crippen LogP contribution is 2.07. The summed E-state index contributed by atoms with van der Waals surface area (Å²) < 4.78 is 0. The first-order valence-electron chi connectivity index (χ1n) is 7.79. The minimum atomic E-state index is -0.396. The van der Waals surface area contributed by atoms with Crippen LogP contribution >= 0.6 is 12.6 Å². The van der Waals surface area contributed by atoms with Gasteiger partial charge < -0.3 is 10.6 Å². The monoisotopic (exact) mass is 302 g/mol. The molecule has 0 rings (SSSR count). The first-order valence-corrected chi connectivity index (χ1v) is 8.43. The van der Waals surface area contributed by atoms with Gasteiger partial charge in [-0.15, -0.1) is 0 Å². The molecule has 1 atom stereocenters. The molecule has 2 N–H and O–H groups in total. The first-order chi connectivity index (χ1) is 9.61. The van der Waals surface area contributed by atoms with Gasteiger partial charge in [0.1, 0.15) is 0 Å². The minimum absolute atomic E-state index is 0.0568. The number of urea groups is 1. The summed E-state index contributed by atoms with van der Waals surface area (Å²) in [5.74, 6) is 1.04. The average Bonchev–Trinajstić information content (AvgIpc) is 2.44. The molecule has 0 aromatic rings. The number of hydrogen-bond acceptors (Lipinski definition) is 3. The van der Waals surface area contributed by atoms with Gasteiger partial charge in [0.05, 0.1) is 6.04 Å². The molecule has 0 aliphatic carbocycles. The van der Waals surface area contributed by atoms with E-state index in [4.69, 9.17) is 0 Å². The number of nitrogens with one attached hydrogen (secondary N) is 2. The molecule has 20 heavy (non-hydrogen) atoms. The lowest BCUT2D eigenvalue weighted by atomic mass is 10.1. The third-order valence-electron chi connectivity index (χ3n) is 3.30. The molecule has 0 aromatic heterocycles. The molecule has 0 unspecified atom stereocenters. The maximum atomic E-state index is 11.5. The predicted molar refractivity (Wildman–Crippen MR) is 87.5 cm³/mol. The highest BCUT2D eigenvalue weighted by atomic mass is 32.1. The van der Waals surface area contributed by atoms with Crippen molar-refractivity contribution in [2.24, 2.45) is 0 Å². The maximum Gasteiger partial charge on any atom is 0.315 e. The number of amides is 2. The van der Waals surface area contributed by atoms with Crippen LogP contribution in [0.15, 0.2) is 0 Å². The van der Waals surface area contributed by atoms with E-state index >= 15 is 0 Å². The molecule has 0 fully saturated rings. The number of carbonyl (C=O) groups excluding carboxylic acids is 2. The fraction of sp³-hybridized carbons (Fsp3) is 0.867. The lowest BCUT2D eigenvalue weighted by Gasteiger charge is -2.12. The Hall–Kier alpha value is -0.710. The molecule has 0 saturated carbocycles. The molecule has 0 bridgehead atoms. The summed E-state index contributed by atoms with van der Waals surface area (Å²) in [7, 11) is 0. The third-order valence-corrected chi connectivity index (χ3v) is 3.62. The lowest BCUT2D eigenvalue weighted by Crippen LogP contribution is -2.44. The fourth-order valence-corrected chi connectivity index (χ4v) is 2.18. The topological polar surface area (TPSA) is 58.2 Å². The van der Waals surface area contributed by atoms with Crippen molar-refractivity contribution in [3.8, 4) is 0 Å². The fourth-order valence-electron chi connectivity index (χ4n) is 1.96. The van der Waals surface area contributed by atoms with Crippen molar-refractivity contribution in [2.75, 3.05) is 12.3 Å². The molecule has 2 amide bonds. The zero-order valence-corrected chi connectivity index (χ0v) is 13.8. The number of Topliss-reactive ketones (excluding diaryl/α,β-unsaturated/α-hetero) is 1. The molecular formula is C15H30N2O2S. The van der Waals surface area contributed by atoms with Crippen LogP contribution in [0.25, 0.3) is 0 Å². The van der Waals surface area contributed by atoms with E-state index in [1.165, 1.54) is 32.1 Å². The van der Waals surface area contributed by atoms with E-state index in [2.05, 4.69) is 23.3 Å². The highest BCUT2D eigenvalue weighted by Gasteiger charge is 2.12. The van der Waals surface area contributed by atoms with E-state index in [0.717, 1.165) is 18.6 Å². The Balaban J connectivity index is 3.37. The zero-order chi connectivity index (χ0) is 15.2. The van der Waals surface area contributed by atoms with E-state index in [0.29, 0.717) is 13.0 Å². The number of unbranched alkanes of at least 4 members (excludes halogenated alkanes) is 6. The van der Waals surface area contributed by atoms with Crippen LogP contribution in [0.2, 0.25) is 0 Å². The summed E-state index contributed by atoms with van der Waals surface area (Å²) in [6.45, 7) is 4.19. The number of hydrogen-bond donors (Lipinski definition) is 3. The second-order valence-corrected chi connectivity index (χ2v) is 5.59. The first kappa shape index (κ1) is 19.3. The summed E-state index contributed by atoms with van der Waals surface area (Å²) in [6, 6.07) is -0.639. The van der Waals surface area contributed by atoms with Gasteiger partial charge in [-0.2, -0.15) is 12.6 Å². The number of ketones is 1. The SMILES string of the molecule is CCC(=O)[C@H](C)NC(=O)NCCCCCCCCCS. The molecule has 118 valence electrons. The van der Waals surface area contributed by atoms with Gasteiger partial charge in [-0.25, -0.2) is 4.79 Å². The van der Waals surface area contributed by atoms with Crippen LogP contribution in [0.1, 0.15) is 65.2 Å². The van der Waals surface area contributed by atoms with Gasteiger partial charge in [-0.1, -0.05) is 39.0 Å². The highest BCUT2D eigenvalue weighted by molar-refractivity contribution is 7.80. The molecule has 0 aliphatic rings. The van der Waals surface area contributed by atoms with Crippen LogP contribution in [0.5, 0.6) is 0 Å². The van der Waals surface area contributed by atoms with Gasteiger partial charge in [-0.3, -0.25) is 4.79 Å². The summed E-state index contributed by atoms with van der Waals surface area (Å²) in [4.78, 5) is 22.8. The molecule has 0 spiro atoms. The van der Waals surface area contributed by atoms with Crippen LogP contribution in [-0.4, -0.2) is 30.2 Å². The molecule has 0 aliphatic heterocycles. The predicted octanol–water partition coefficient (Wildman–Crippen LogP) is 3.31. The Bertz CT molecular complexity index is 273. The quantitative estimate of drug-likeness (QED) is 0.382. The van der Waals surface area contributed by atoms with Gasteiger partial charge >= 0.3 is 6.03 Å². The molecule has 0 aromatic carbocycles. The van der Waals surface area contributed by atoms with Crippen molar-refractivity contribution in [3.05, 3.63) is 0 Å². The van der Waals surface area contributed by atoms with Crippen LogP contribution in [-0.2, 0) is 4.79 Å². The zero-order valence-electron chi connectivity index (χ0n) is 12.9. The van der Waals surface area contributed by atoms with E-state index in [1.54, 1.807) is 13.8 Å². The molecular weight excluding hydrogens is 272 g/mol. The third kappa shape index (κ3) is 11.1. The molecule has 0 saturated heterocycles.